The Bertz CT molecular complexity index is 262. The Hall–Kier alpha value is -0.820. The fourth-order valence-corrected chi connectivity index (χ4v) is 2.44. The van der Waals surface area contributed by atoms with E-state index in [9.17, 15) is 0 Å². The van der Waals surface area contributed by atoms with Crippen molar-refractivity contribution in [2.45, 2.75) is 38.1 Å². The molecule has 76 valence electrons. The van der Waals surface area contributed by atoms with Crippen LogP contribution in [-0.2, 0) is 0 Å². The summed E-state index contributed by atoms with van der Waals surface area (Å²) in [6.07, 6.45) is 6.76. The minimum atomic E-state index is 0.261. The highest BCUT2D eigenvalue weighted by Gasteiger charge is 2.21. The third-order valence-electron chi connectivity index (χ3n) is 3.34. The highest BCUT2D eigenvalue weighted by atomic mass is 14.7. The Kier molecular flexibility index (Phi) is 3.20. The summed E-state index contributed by atoms with van der Waals surface area (Å²) < 4.78 is 0. The van der Waals surface area contributed by atoms with Crippen molar-refractivity contribution in [2.75, 3.05) is 0 Å². The smallest absolute Gasteiger partial charge is 0.0323 e. The molecule has 1 nitrogen and oxygen atoms in total. The van der Waals surface area contributed by atoms with Gasteiger partial charge in [0.05, 0.1) is 0 Å². The maximum absolute atomic E-state index is 6.27. The second-order valence-electron chi connectivity index (χ2n) is 4.33. The van der Waals surface area contributed by atoms with Gasteiger partial charge in [-0.3, -0.25) is 0 Å². The monoisotopic (exact) mass is 189 g/mol. The summed E-state index contributed by atoms with van der Waals surface area (Å²) in [5, 5.41) is 0. The van der Waals surface area contributed by atoms with E-state index in [1.807, 2.05) is 0 Å². The predicted octanol–water partition coefficient (Wildman–Crippen LogP) is 3.27. The van der Waals surface area contributed by atoms with Crippen molar-refractivity contribution < 1.29 is 0 Å². The standard InChI is InChI=1S/C13H19N/c14-13(11-7-3-1-4-8-11)12-9-5-2-6-10-12/h1,3-4,7-8,12-13H,2,5-6,9-10,14H2/t13-/m1/s1. The van der Waals surface area contributed by atoms with E-state index >= 15 is 0 Å². The molecule has 1 aromatic carbocycles. The molecule has 0 aliphatic heterocycles. The van der Waals surface area contributed by atoms with Crippen molar-refractivity contribution in [3.05, 3.63) is 35.9 Å². The lowest BCUT2D eigenvalue weighted by Crippen LogP contribution is -2.23. The van der Waals surface area contributed by atoms with Crippen LogP contribution in [0.4, 0.5) is 0 Å². The van der Waals surface area contributed by atoms with Crippen LogP contribution in [0.2, 0.25) is 0 Å². The maximum Gasteiger partial charge on any atom is 0.0323 e. The van der Waals surface area contributed by atoms with E-state index < -0.39 is 0 Å². The number of benzene rings is 1. The van der Waals surface area contributed by atoms with Gasteiger partial charge in [0.1, 0.15) is 0 Å². The van der Waals surface area contributed by atoms with Gasteiger partial charge in [-0.15, -0.1) is 0 Å². The molecule has 1 aromatic rings. The second kappa shape index (κ2) is 4.61. The fraction of sp³-hybridized carbons (Fsp3) is 0.538. The Morgan fingerprint density at radius 3 is 2.29 bits per heavy atom. The van der Waals surface area contributed by atoms with Crippen molar-refractivity contribution in [1.82, 2.24) is 0 Å². The Labute approximate surface area is 86.3 Å². The molecule has 0 spiro atoms. The number of rotatable bonds is 2. The molecule has 0 unspecified atom stereocenters. The van der Waals surface area contributed by atoms with Gasteiger partial charge in [0.2, 0.25) is 0 Å². The van der Waals surface area contributed by atoms with E-state index in [0.717, 1.165) is 0 Å². The molecule has 2 rings (SSSR count). The quantitative estimate of drug-likeness (QED) is 0.759. The lowest BCUT2D eigenvalue weighted by Gasteiger charge is -2.27. The Morgan fingerprint density at radius 2 is 1.64 bits per heavy atom. The first-order valence-corrected chi connectivity index (χ1v) is 5.68. The van der Waals surface area contributed by atoms with Gasteiger partial charge >= 0.3 is 0 Å². The molecule has 0 aromatic heterocycles. The molecule has 1 saturated carbocycles. The van der Waals surface area contributed by atoms with Crippen molar-refractivity contribution in [1.29, 1.82) is 0 Å². The second-order valence-corrected chi connectivity index (χ2v) is 4.33. The average Bonchev–Trinajstić information content (AvgIpc) is 2.30. The SMILES string of the molecule is N[C@H](c1ccccc1)C1CCCCC1. The maximum atomic E-state index is 6.27. The van der Waals surface area contributed by atoms with Crippen LogP contribution in [0.5, 0.6) is 0 Å². The molecule has 2 N–H and O–H groups in total. The first kappa shape index (κ1) is 9.72. The van der Waals surface area contributed by atoms with E-state index in [1.165, 1.54) is 37.7 Å². The van der Waals surface area contributed by atoms with Gasteiger partial charge in [-0.2, -0.15) is 0 Å². The van der Waals surface area contributed by atoms with Crippen LogP contribution in [0.1, 0.15) is 43.7 Å². The number of hydrogen-bond acceptors (Lipinski definition) is 1. The fourth-order valence-electron chi connectivity index (χ4n) is 2.44. The van der Waals surface area contributed by atoms with Crippen LogP contribution in [0.25, 0.3) is 0 Å². The van der Waals surface area contributed by atoms with Crippen LogP contribution in [0.3, 0.4) is 0 Å². The van der Waals surface area contributed by atoms with Gasteiger partial charge in [-0.05, 0) is 24.3 Å². The minimum absolute atomic E-state index is 0.261. The van der Waals surface area contributed by atoms with E-state index in [4.69, 9.17) is 5.73 Å². The third kappa shape index (κ3) is 2.16. The van der Waals surface area contributed by atoms with Gasteiger partial charge in [0, 0.05) is 6.04 Å². The van der Waals surface area contributed by atoms with Crippen LogP contribution in [0, 0.1) is 5.92 Å². The van der Waals surface area contributed by atoms with Gasteiger partial charge in [0.15, 0.2) is 0 Å². The average molecular weight is 189 g/mol. The summed E-state index contributed by atoms with van der Waals surface area (Å²) in [5.74, 6) is 0.714. The number of nitrogens with two attached hydrogens (primary N) is 1. The molecule has 0 amide bonds. The highest BCUT2D eigenvalue weighted by Crippen LogP contribution is 2.32. The van der Waals surface area contributed by atoms with Gasteiger partial charge in [-0.25, -0.2) is 0 Å². The van der Waals surface area contributed by atoms with Crippen LogP contribution < -0.4 is 5.73 Å². The zero-order valence-corrected chi connectivity index (χ0v) is 8.65. The zero-order valence-electron chi connectivity index (χ0n) is 8.65. The molecule has 1 heteroatoms. The molecule has 1 atom stereocenters. The highest BCUT2D eigenvalue weighted by molar-refractivity contribution is 5.19. The van der Waals surface area contributed by atoms with Gasteiger partial charge in [-0.1, -0.05) is 49.6 Å². The molecule has 0 heterocycles. The first-order chi connectivity index (χ1) is 6.88. The van der Waals surface area contributed by atoms with Crippen LogP contribution in [-0.4, -0.2) is 0 Å². The molecule has 1 aliphatic rings. The summed E-state index contributed by atoms with van der Waals surface area (Å²) in [7, 11) is 0. The van der Waals surface area contributed by atoms with Gasteiger partial charge < -0.3 is 5.73 Å². The van der Waals surface area contributed by atoms with E-state index in [-0.39, 0.29) is 6.04 Å². The molecule has 1 aliphatic carbocycles. The molecule has 14 heavy (non-hydrogen) atoms. The normalized spacial score (nSPS) is 20.6. The third-order valence-corrected chi connectivity index (χ3v) is 3.34. The summed E-state index contributed by atoms with van der Waals surface area (Å²) in [6.45, 7) is 0. The summed E-state index contributed by atoms with van der Waals surface area (Å²) in [5.41, 5.74) is 7.57. The predicted molar refractivity (Wildman–Crippen MR) is 59.9 cm³/mol. The zero-order chi connectivity index (χ0) is 9.80. The van der Waals surface area contributed by atoms with Crippen LogP contribution in [0.15, 0.2) is 30.3 Å². The van der Waals surface area contributed by atoms with Crippen molar-refractivity contribution in [2.24, 2.45) is 11.7 Å². The van der Waals surface area contributed by atoms with E-state index in [0.29, 0.717) is 5.92 Å². The van der Waals surface area contributed by atoms with E-state index in [1.54, 1.807) is 0 Å². The lowest BCUT2D eigenvalue weighted by molar-refractivity contribution is 0.308. The molecule has 1 fully saturated rings. The van der Waals surface area contributed by atoms with Crippen LogP contribution >= 0.6 is 0 Å². The lowest BCUT2D eigenvalue weighted by atomic mass is 9.82. The minimum Gasteiger partial charge on any atom is -0.324 e. The van der Waals surface area contributed by atoms with E-state index in [2.05, 4.69) is 30.3 Å². The molecule has 0 radical (unpaired) electrons. The van der Waals surface area contributed by atoms with Crippen molar-refractivity contribution in [3.63, 3.8) is 0 Å². The Balaban J connectivity index is 2.03. The Morgan fingerprint density at radius 1 is 1.00 bits per heavy atom. The molecular weight excluding hydrogens is 170 g/mol. The molecular formula is C13H19N. The van der Waals surface area contributed by atoms with Crippen molar-refractivity contribution in [3.8, 4) is 0 Å². The summed E-state index contributed by atoms with van der Waals surface area (Å²) in [6, 6.07) is 10.8. The van der Waals surface area contributed by atoms with Gasteiger partial charge in [0.25, 0.3) is 0 Å². The first-order valence-electron chi connectivity index (χ1n) is 5.68. The number of hydrogen-bond donors (Lipinski definition) is 1. The molecule has 0 bridgehead atoms. The summed E-state index contributed by atoms with van der Waals surface area (Å²) >= 11 is 0. The largest absolute Gasteiger partial charge is 0.324 e. The van der Waals surface area contributed by atoms with Crippen molar-refractivity contribution >= 4 is 0 Å². The topological polar surface area (TPSA) is 26.0 Å². The molecule has 0 saturated heterocycles. The summed E-state index contributed by atoms with van der Waals surface area (Å²) in [4.78, 5) is 0.